The van der Waals surface area contributed by atoms with Gasteiger partial charge in [0.25, 0.3) is 0 Å². The molecule has 122 valence electrons. The zero-order valence-corrected chi connectivity index (χ0v) is 13.2. The molecule has 0 aliphatic carbocycles. The molecule has 2 aromatic carbocycles. The number of nitrogen functional groups attached to an aromatic ring is 1. The van der Waals surface area contributed by atoms with Crippen LogP contribution in [0.1, 0.15) is 12.5 Å². The first-order valence-corrected chi connectivity index (χ1v) is 7.27. The van der Waals surface area contributed by atoms with Crippen LogP contribution in [0.15, 0.2) is 36.4 Å². The van der Waals surface area contributed by atoms with E-state index in [0.29, 0.717) is 27.7 Å². The first-order chi connectivity index (χ1) is 11.0. The number of benzene rings is 2. The quantitative estimate of drug-likeness (QED) is 0.801. The fraction of sp³-hybridized carbons (Fsp3) is 0.188. The Morgan fingerprint density at radius 2 is 2.09 bits per heavy atom. The van der Waals surface area contributed by atoms with E-state index in [4.69, 9.17) is 26.8 Å². The third kappa shape index (κ3) is 4.75. The normalized spacial score (nSPS) is 10.2. The molecule has 3 N–H and O–H groups in total. The Kier molecular flexibility index (Phi) is 5.65. The minimum Gasteiger partial charge on any atom is -0.489 e. The molecule has 2 aromatic rings. The van der Waals surface area contributed by atoms with E-state index in [1.807, 2.05) is 0 Å². The lowest BCUT2D eigenvalue weighted by molar-refractivity contribution is 0.168. The average Bonchev–Trinajstić information content (AvgIpc) is 2.51. The fourth-order valence-corrected chi connectivity index (χ4v) is 2.01. The van der Waals surface area contributed by atoms with E-state index in [-0.39, 0.29) is 19.0 Å². The molecule has 0 aromatic heterocycles. The Morgan fingerprint density at radius 1 is 1.30 bits per heavy atom. The third-order valence-corrected chi connectivity index (χ3v) is 3.31. The maximum absolute atomic E-state index is 13.2. The number of hydrogen-bond donors (Lipinski definition) is 2. The maximum atomic E-state index is 13.2. The van der Waals surface area contributed by atoms with Gasteiger partial charge in [0.1, 0.15) is 18.2 Å². The van der Waals surface area contributed by atoms with Crippen LogP contribution in [-0.4, -0.2) is 12.7 Å². The second-order valence-electron chi connectivity index (χ2n) is 4.62. The van der Waals surface area contributed by atoms with Gasteiger partial charge in [-0.3, -0.25) is 5.32 Å². The number of carbonyl (C=O) groups excluding carboxylic acids is 1. The van der Waals surface area contributed by atoms with Crippen LogP contribution < -0.4 is 15.8 Å². The van der Waals surface area contributed by atoms with E-state index in [1.165, 1.54) is 18.2 Å². The second kappa shape index (κ2) is 7.69. The summed E-state index contributed by atoms with van der Waals surface area (Å²) >= 11 is 5.97. The van der Waals surface area contributed by atoms with E-state index in [9.17, 15) is 9.18 Å². The van der Waals surface area contributed by atoms with E-state index in [0.717, 1.165) is 0 Å². The summed E-state index contributed by atoms with van der Waals surface area (Å²) in [5.41, 5.74) is 7.12. The molecular formula is C16H16ClFN2O3. The molecule has 0 radical (unpaired) electrons. The highest BCUT2D eigenvalue weighted by Gasteiger charge is 2.08. The van der Waals surface area contributed by atoms with Gasteiger partial charge >= 0.3 is 6.09 Å². The van der Waals surface area contributed by atoms with Crippen LogP contribution in [0.3, 0.4) is 0 Å². The molecule has 0 fully saturated rings. The summed E-state index contributed by atoms with van der Waals surface area (Å²) in [4.78, 5) is 11.4. The molecule has 0 saturated heterocycles. The Labute approximate surface area is 138 Å². The lowest BCUT2D eigenvalue weighted by atomic mass is 10.2. The molecule has 0 saturated carbocycles. The first-order valence-electron chi connectivity index (χ1n) is 6.89. The van der Waals surface area contributed by atoms with Crippen LogP contribution in [0.5, 0.6) is 5.75 Å². The van der Waals surface area contributed by atoms with E-state index in [1.54, 1.807) is 25.1 Å². The summed E-state index contributed by atoms with van der Waals surface area (Å²) in [6.45, 7) is 2.07. The van der Waals surface area contributed by atoms with Gasteiger partial charge in [0.15, 0.2) is 0 Å². The van der Waals surface area contributed by atoms with Crippen molar-refractivity contribution in [3.63, 3.8) is 0 Å². The number of halogens is 2. The number of ether oxygens (including phenoxy) is 2. The summed E-state index contributed by atoms with van der Waals surface area (Å²) < 4.78 is 23.5. The SMILES string of the molecule is CCOC(=O)Nc1ccc(OCc2cc(F)ccc2Cl)cc1N. The Balaban J connectivity index is 2.03. The molecule has 23 heavy (non-hydrogen) atoms. The number of anilines is 2. The van der Waals surface area contributed by atoms with Crippen molar-refractivity contribution >= 4 is 29.1 Å². The van der Waals surface area contributed by atoms with Crippen molar-refractivity contribution in [2.45, 2.75) is 13.5 Å². The van der Waals surface area contributed by atoms with Crippen LogP contribution in [0.2, 0.25) is 5.02 Å². The van der Waals surface area contributed by atoms with Crippen molar-refractivity contribution in [1.29, 1.82) is 0 Å². The van der Waals surface area contributed by atoms with E-state index >= 15 is 0 Å². The van der Waals surface area contributed by atoms with Gasteiger partial charge in [0.05, 0.1) is 18.0 Å². The molecule has 2 rings (SSSR count). The number of nitrogens with one attached hydrogen (secondary N) is 1. The minimum atomic E-state index is -0.584. The number of rotatable bonds is 5. The van der Waals surface area contributed by atoms with Gasteiger partial charge in [-0.2, -0.15) is 0 Å². The number of carbonyl (C=O) groups is 1. The highest BCUT2D eigenvalue weighted by molar-refractivity contribution is 6.31. The lowest BCUT2D eigenvalue weighted by Gasteiger charge is -2.11. The van der Waals surface area contributed by atoms with Crippen molar-refractivity contribution in [2.24, 2.45) is 0 Å². The van der Waals surface area contributed by atoms with Gasteiger partial charge in [0, 0.05) is 16.7 Å². The predicted molar refractivity (Wildman–Crippen MR) is 87.2 cm³/mol. The monoisotopic (exact) mass is 338 g/mol. The van der Waals surface area contributed by atoms with Gasteiger partial charge in [-0.25, -0.2) is 9.18 Å². The van der Waals surface area contributed by atoms with Crippen LogP contribution in [0, 0.1) is 5.82 Å². The molecule has 0 atom stereocenters. The smallest absolute Gasteiger partial charge is 0.411 e. The van der Waals surface area contributed by atoms with Crippen molar-refractivity contribution in [3.05, 3.63) is 52.8 Å². The topological polar surface area (TPSA) is 73.6 Å². The Hall–Kier alpha value is -2.47. The van der Waals surface area contributed by atoms with E-state index in [2.05, 4.69) is 5.32 Å². The highest BCUT2D eigenvalue weighted by Crippen LogP contribution is 2.26. The third-order valence-electron chi connectivity index (χ3n) is 2.94. The lowest BCUT2D eigenvalue weighted by Crippen LogP contribution is -2.14. The standard InChI is InChI=1S/C16H16ClFN2O3/c1-2-22-16(21)20-15-6-4-12(8-14(15)19)23-9-10-7-11(18)3-5-13(10)17/h3-8H,2,9,19H2,1H3,(H,20,21). The zero-order valence-electron chi connectivity index (χ0n) is 12.4. The van der Waals surface area contributed by atoms with Crippen LogP contribution in [0.25, 0.3) is 0 Å². The first kappa shape index (κ1) is 16.9. The zero-order chi connectivity index (χ0) is 16.8. The number of nitrogens with two attached hydrogens (primary N) is 1. The molecule has 7 heteroatoms. The molecule has 0 bridgehead atoms. The fourth-order valence-electron chi connectivity index (χ4n) is 1.84. The van der Waals surface area contributed by atoms with Gasteiger partial charge in [-0.1, -0.05) is 11.6 Å². The highest BCUT2D eigenvalue weighted by atomic mass is 35.5. The molecule has 0 unspecified atom stereocenters. The molecule has 5 nitrogen and oxygen atoms in total. The average molecular weight is 339 g/mol. The van der Waals surface area contributed by atoms with Gasteiger partial charge in [-0.15, -0.1) is 0 Å². The second-order valence-corrected chi connectivity index (χ2v) is 5.03. The molecule has 0 heterocycles. The molecular weight excluding hydrogens is 323 g/mol. The molecule has 0 aliphatic heterocycles. The van der Waals surface area contributed by atoms with Gasteiger partial charge < -0.3 is 15.2 Å². The largest absolute Gasteiger partial charge is 0.489 e. The van der Waals surface area contributed by atoms with Gasteiger partial charge in [0.2, 0.25) is 0 Å². The van der Waals surface area contributed by atoms with Crippen molar-refractivity contribution in [1.82, 2.24) is 0 Å². The Morgan fingerprint density at radius 3 is 2.78 bits per heavy atom. The van der Waals surface area contributed by atoms with Crippen LogP contribution in [-0.2, 0) is 11.3 Å². The minimum absolute atomic E-state index is 0.0979. The summed E-state index contributed by atoms with van der Waals surface area (Å²) in [6.07, 6.45) is -0.584. The van der Waals surface area contributed by atoms with Gasteiger partial charge in [-0.05, 0) is 37.3 Å². The van der Waals surface area contributed by atoms with Crippen molar-refractivity contribution in [2.75, 3.05) is 17.7 Å². The maximum Gasteiger partial charge on any atom is 0.411 e. The summed E-state index contributed by atoms with van der Waals surface area (Å²) in [6, 6.07) is 8.83. The number of amides is 1. The summed E-state index contributed by atoms with van der Waals surface area (Å²) in [7, 11) is 0. The predicted octanol–water partition coefficient (Wildman–Crippen LogP) is 4.21. The van der Waals surface area contributed by atoms with Crippen LogP contribution >= 0.6 is 11.6 Å². The van der Waals surface area contributed by atoms with Crippen LogP contribution in [0.4, 0.5) is 20.6 Å². The van der Waals surface area contributed by atoms with Crippen molar-refractivity contribution in [3.8, 4) is 5.75 Å². The molecule has 1 amide bonds. The summed E-state index contributed by atoms with van der Waals surface area (Å²) in [5.74, 6) is 0.0822. The molecule has 0 aliphatic rings. The van der Waals surface area contributed by atoms with E-state index < -0.39 is 6.09 Å². The van der Waals surface area contributed by atoms with Crippen molar-refractivity contribution < 1.29 is 18.7 Å². The Bertz CT molecular complexity index is 710. The molecule has 0 spiro atoms. The summed E-state index contributed by atoms with van der Waals surface area (Å²) in [5, 5.41) is 2.93. The number of hydrogen-bond acceptors (Lipinski definition) is 4.